The van der Waals surface area contributed by atoms with E-state index in [1.807, 2.05) is 6.92 Å². The van der Waals surface area contributed by atoms with E-state index in [1.165, 1.54) is 6.33 Å². The summed E-state index contributed by atoms with van der Waals surface area (Å²) in [6, 6.07) is -0.501. The van der Waals surface area contributed by atoms with E-state index in [2.05, 4.69) is 21.2 Å². The molecule has 0 bridgehead atoms. The van der Waals surface area contributed by atoms with Crippen LogP contribution in [-0.2, 0) is 6.54 Å². The van der Waals surface area contributed by atoms with E-state index in [1.54, 1.807) is 4.57 Å². The Morgan fingerprint density at radius 2 is 2.21 bits per heavy atom. The SMILES string of the molecule is CCn1cnc2c1C(=O)NNC(=O)N2. The Morgan fingerprint density at radius 1 is 1.43 bits per heavy atom. The number of nitrogens with one attached hydrogen (secondary N) is 3. The van der Waals surface area contributed by atoms with Crippen LogP contribution in [0.2, 0.25) is 0 Å². The van der Waals surface area contributed by atoms with Crippen molar-refractivity contribution in [2.45, 2.75) is 13.5 Å². The van der Waals surface area contributed by atoms with Crippen molar-refractivity contribution in [2.75, 3.05) is 5.32 Å². The Labute approximate surface area is 79.5 Å². The number of rotatable bonds is 1. The van der Waals surface area contributed by atoms with E-state index in [0.717, 1.165) is 0 Å². The van der Waals surface area contributed by atoms with Gasteiger partial charge in [-0.05, 0) is 6.92 Å². The molecule has 2 rings (SSSR count). The third-order valence-corrected chi connectivity index (χ3v) is 1.91. The average Bonchev–Trinajstić information content (AvgIpc) is 2.51. The van der Waals surface area contributed by atoms with Crippen molar-refractivity contribution in [3.63, 3.8) is 0 Å². The summed E-state index contributed by atoms with van der Waals surface area (Å²) in [6.07, 6.45) is 1.51. The lowest BCUT2D eigenvalue weighted by molar-refractivity contribution is 0.0932. The topological polar surface area (TPSA) is 88.1 Å². The molecule has 1 aliphatic rings. The van der Waals surface area contributed by atoms with Gasteiger partial charge in [-0.3, -0.25) is 15.5 Å². The number of carbonyl (C=O) groups excluding carboxylic acids is 2. The maximum Gasteiger partial charge on any atom is 0.339 e. The summed E-state index contributed by atoms with van der Waals surface area (Å²) in [7, 11) is 0. The van der Waals surface area contributed by atoms with Crippen molar-refractivity contribution in [3.8, 4) is 0 Å². The lowest BCUT2D eigenvalue weighted by Gasteiger charge is -2.03. The maximum atomic E-state index is 11.5. The molecule has 1 aromatic rings. The van der Waals surface area contributed by atoms with Crippen LogP contribution in [0, 0.1) is 0 Å². The maximum absolute atomic E-state index is 11.5. The minimum Gasteiger partial charge on any atom is -0.325 e. The van der Waals surface area contributed by atoms with Crippen LogP contribution < -0.4 is 16.2 Å². The summed E-state index contributed by atoms with van der Waals surface area (Å²) >= 11 is 0. The first-order valence-corrected chi connectivity index (χ1v) is 4.15. The van der Waals surface area contributed by atoms with Crippen LogP contribution in [0.15, 0.2) is 6.33 Å². The molecule has 0 saturated heterocycles. The Bertz CT molecular complexity index is 397. The van der Waals surface area contributed by atoms with Gasteiger partial charge >= 0.3 is 6.03 Å². The fraction of sp³-hybridized carbons (Fsp3) is 0.286. The highest BCUT2D eigenvalue weighted by atomic mass is 16.2. The molecule has 0 unspecified atom stereocenters. The minimum atomic E-state index is -0.501. The molecule has 3 amide bonds. The lowest BCUT2D eigenvalue weighted by Crippen LogP contribution is -2.41. The number of carbonyl (C=O) groups is 2. The highest BCUT2D eigenvalue weighted by Gasteiger charge is 2.23. The summed E-state index contributed by atoms with van der Waals surface area (Å²) in [5.74, 6) is -0.1000. The average molecular weight is 195 g/mol. The number of hydrogen-bond acceptors (Lipinski definition) is 3. The highest BCUT2D eigenvalue weighted by Crippen LogP contribution is 2.14. The number of fused-ring (bicyclic) bond motifs is 1. The van der Waals surface area contributed by atoms with E-state index in [0.29, 0.717) is 12.2 Å². The number of aryl methyl sites for hydroxylation is 1. The molecule has 0 aliphatic carbocycles. The molecule has 3 N–H and O–H groups in total. The first kappa shape index (κ1) is 8.54. The molecule has 1 aliphatic heterocycles. The molecule has 0 saturated carbocycles. The normalized spacial score (nSPS) is 14.9. The number of imidazole rings is 1. The summed E-state index contributed by atoms with van der Waals surface area (Å²) in [6.45, 7) is 2.50. The zero-order valence-corrected chi connectivity index (χ0v) is 7.50. The number of amides is 3. The van der Waals surface area contributed by atoms with Gasteiger partial charge in [-0.25, -0.2) is 15.2 Å². The highest BCUT2D eigenvalue weighted by molar-refractivity contribution is 6.04. The van der Waals surface area contributed by atoms with Gasteiger partial charge in [-0.15, -0.1) is 0 Å². The van der Waals surface area contributed by atoms with Gasteiger partial charge in [0.2, 0.25) is 0 Å². The van der Waals surface area contributed by atoms with Crippen molar-refractivity contribution >= 4 is 17.8 Å². The molecule has 14 heavy (non-hydrogen) atoms. The molecule has 7 nitrogen and oxygen atoms in total. The van der Waals surface area contributed by atoms with Gasteiger partial charge in [0, 0.05) is 6.54 Å². The predicted molar refractivity (Wildman–Crippen MR) is 47.5 cm³/mol. The van der Waals surface area contributed by atoms with Crippen molar-refractivity contribution in [3.05, 3.63) is 12.0 Å². The van der Waals surface area contributed by atoms with Crippen LogP contribution in [0.4, 0.5) is 10.6 Å². The quantitative estimate of drug-likeness (QED) is 0.574. The second-order valence-electron chi connectivity index (χ2n) is 2.76. The molecule has 0 atom stereocenters. The zero-order chi connectivity index (χ0) is 10.1. The standard InChI is InChI=1S/C7H9N5O2/c1-2-12-3-8-5-4(12)6(13)10-11-7(14)9-5/h3H,2H2,1H3,(H,10,13)(H2,9,11,14). The molecular formula is C7H9N5O2. The third kappa shape index (κ3) is 1.18. The van der Waals surface area contributed by atoms with Gasteiger partial charge in [-0.2, -0.15) is 0 Å². The first-order valence-electron chi connectivity index (χ1n) is 4.15. The molecule has 74 valence electrons. The van der Waals surface area contributed by atoms with Gasteiger partial charge in [-0.1, -0.05) is 0 Å². The first-order chi connectivity index (χ1) is 6.72. The van der Waals surface area contributed by atoms with Crippen LogP contribution in [-0.4, -0.2) is 21.5 Å². The second-order valence-corrected chi connectivity index (χ2v) is 2.76. The number of urea groups is 1. The molecular weight excluding hydrogens is 186 g/mol. The second kappa shape index (κ2) is 3.02. The Balaban J connectivity index is 2.49. The Hall–Kier alpha value is -2.05. The van der Waals surface area contributed by atoms with Gasteiger partial charge in [0.25, 0.3) is 5.91 Å². The largest absolute Gasteiger partial charge is 0.339 e. The van der Waals surface area contributed by atoms with E-state index in [-0.39, 0.29) is 11.7 Å². The van der Waals surface area contributed by atoms with Crippen LogP contribution in [0.3, 0.4) is 0 Å². The van der Waals surface area contributed by atoms with Gasteiger partial charge < -0.3 is 4.57 Å². The fourth-order valence-electron chi connectivity index (χ4n) is 1.26. The molecule has 2 heterocycles. The smallest absolute Gasteiger partial charge is 0.325 e. The van der Waals surface area contributed by atoms with Gasteiger partial charge in [0.05, 0.1) is 6.33 Å². The minimum absolute atomic E-state index is 0.277. The zero-order valence-electron chi connectivity index (χ0n) is 7.50. The number of anilines is 1. The van der Waals surface area contributed by atoms with Gasteiger partial charge in [0.1, 0.15) is 0 Å². The van der Waals surface area contributed by atoms with E-state index in [9.17, 15) is 9.59 Å². The van der Waals surface area contributed by atoms with Crippen LogP contribution in [0.1, 0.15) is 17.4 Å². The molecule has 0 fully saturated rings. The Morgan fingerprint density at radius 3 is 2.93 bits per heavy atom. The number of hydrazine groups is 1. The lowest BCUT2D eigenvalue weighted by atomic mass is 10.4. The summed E-state index contributed by atoms with van der Waals surface area (Å²) in [5, 5.41) is 2.44. The summed E-state index contributed by atoms with van der Waals surface area (Å²) in [4.78, 5) is 26.4. The van der Waals surface area contributed by atoms with Crippen LogP contribution >= 0.6 is 0 Å². The van der Waals surface area contributed by atoms with Crippen LogP contribution in [0.5, 0.6) is 0 Å². The number of nitrogens with zero attached hydrogens (tertiary/aromatic N) is 2. The third-order valence-electron chi connectivity index (χ3n) is 1.91. The monoisotopic (exact) mass is 195 g/mol. The van der Waals surface area contributed by atoms with Crippen molar-refractivity contribution < 1.29 is 9.59 Å². The predicted octanol–water partition coefficient (Wildman–Crippen LogP) is -0.317. The van der Waals surface area contributed by atoms with Gasteiger partial charge in [0.15, 0.2) is 11.5 Å². The fourth-order valence-corrected chi connectivity index (χ4v) is 1.26. The van der Waals surface area contributed by atoms with E-state index in [4.69, 9.17) is 0 Å². The van der Waals surface area contributed by atoms with Crippen molar-refractivity contribution in [2.24, 2.45) is 0 Å². The molecule has 0 spiro atoms. The molecule has 0 aromatic carbocycles. The van der Waals surface area contributed by atoms with Crippen LogP contribution in [0.25, 0.3) is 0 Å². The molecule has 1 aromatic heterocycles. The van der Waals surface area contributed by atoms with E-state index >= 15 is 0 Å². The Kier molecular flexibility index (Phi) is 1.84. The number of aromatic nitrogens is 2. The molecule has 7 heteroatoms. The van der Waals surface area contributed by atoms with E-state index < -0.39 is 6.03 Å². The summed E-state index contributed by atoms with van der Waals surface area (Å²) in [5.41, 5.74) is 4.78. The number of hydrogen-bond donors (Lipinski definition) is 3. The summed E-state index contributed by atoms with van der Waals surface area (Å²) < 4.78 is 1.65. The molecule has 0 radical (unpaired) electrons. The van der Waals surface area contributed by atoms with Crippen molar-refractivity contribution in [1.29, 1.82) is 0 Å². The van der Waals surface area contributed by atoms with Crippen molar-refractivity contribution in [1.82, 2.24) is 20.4 Å².